The van der Waals surface area contributed by atoms with E-state index in [0.29, 0.717) is 6.04 Å². The molecule has 2 aromatic rings. The first-order valence-corrected chi connectivity index (χ1v) is 10.5. The fourth-order valence-electron chi connectivity index (χ4n) is 3.95. The third kappa shape index (κ3) is 7.01. The lowest BCUT2D eigenvalue weighted by Gasteiger charge is -2.32. The van der Waals surface area contributed by atoms with E-state index in [4.69, 9.17) is 19.4 Å². The Bertz CT molecular complexity index is 820. The van der Waals surface area contributed by atoms with Crippen molar-refractivity contribution in [2.24, 2.45) is 0 Å². The monoisotopic (exact) mass is 456 g/mol. The van der Waals surface area contributed by atoms with Crippen LogP contribution in [-0.2, 0) is 27.4 Å². The third-order valence-electron chi connectivity index (χ3n) is 5.36. The number of hydrogen-bond donors (Lipinski definition) is 1. The van der Waals surface area contributed by atoms with Crippen LogP contribution in [-0.4, -0.2) is 74.9 Å². The van der Waals surface area contributed by atoms with Gasteiger partial charge in [0.25, 0.3) is 0 Å². The molecule has 4 rings (SSSR count). The maximum Gasteiger partial charge on any atom is 0.490 e. The molecule has 11 heteroatoms. The Morgan fingerprint density at radius 1 is 1.31 bits per heavy atom. The van der Waals surface area contributed by atoms with E-state index in [0.717, 1.165) is 45.7 Å². The molecule has 8 nitrogen and oxygen atoms in total. The van der Waals surface area contributed by atoms with Crippen LogP contribution in [0.4, 0.5) is 13.2 Å². The molecule has 32 heavy (non-hydrogen) atoms. The molecule has 176 valence electrons. The molecule has 0 spiro atoms. The molecule has 2 aliphatic heterocycles. The number of pyridine rings is 1. The van der Waals surface area contributed by atoms with Crippen LogP contribution in [0.15, 0.2) is 43.0 Å². The number of carboxylic acid groups (broad SMARTS) is 1. The van der Waals surface area contributed by atoms with Crippen LogP contribution >= 0.6 is 0 Å². The van der Waals surface area contributed by atoms with Crippen LogP contribution in [0, 0.1) is 0 Å². The van der Waals surface area contributed by atoms with Gasteiger partial charge in [-0.1, -0.05) is 6.07 Å². The van der Waals surface area contributed by atoms with Crippen molar-refractivity contribution in [3.05, 3.63) is 48.5 Å². The van der Waals surface area contributed by atoms with Crippen LogP contribution < -0.4 is 0 Å². The number of hydrogen-bond acceptors (Lipinski definition) is 6. The summed E-state index contributed by atoms with van der Waals surface area (Å²) in [5, 5.41) is 11.4. The number of carbonyl (C=O) groups is 1. The number of halogens is 3. The summed E-state index contributed by atoms with van der Waals surface area (Å²) >= 11 is 0. The first-order chi connectivity index (χ1) is 15.3. The fraction of sp³-hybridized carbons (Fsp3) is 0.571. The van der Waals surface area contributed by atoms with Crippen molar-refractivity contribution in [3.8, 4) is 0 Å². The molecule has 0 aromatic carbocycles. The van der Waals surface area contributed by atoms with Gasteiger partial charge in [-0.2, -0.15) is 18.3 Å². The van der Waals surface area contributed by atoms with E-state index in [1.807, 2.05) is 41.6 Å². The largest absolute Gasteiger partial charge is 0.490 e. The molecule has 2 fully saturated rings. The number of aromatic nitrogens is 3. The number of aryl methyl sites for hydroxylation is 1. The van der Waals surface area contributed by atoms with Gasteiger partial charge in [0, 0.05) is 63.7 Å². The van der Waals surface area contributed by atoms with Crippen molar-refractivity contribution in [1.82, 2.24) is 19.7 Å². The van der Waals surface area contributed by atoms with Gasteiger partial charge in [0.05, 0.1) is 6.10 Å². The van der Waals surface area contributed by atoms with Gasteiger partial charge < -0.3 is 14.6 Å². The zero-order valence-corrected chi connectivity index (χ0v) is 17.5. The first-order valence-electron chi connectivity index (χ1n) is 10.5. The second kappa shape index (κ2) is 11.4. The lowest BCUT2D eigenvalue weighted by Crippen LogP contribution is -2.41. The van der Waals surface area contributed by atoms with Gasteiger partial charge in [0.1, 0.15) is 6.10 Å². The highest BCUT2D eigenvalue weighted by Crippen LogP contribution is 2.31. The molecule has 0 radical (unpaired) electrons. The van der Waals surface area contributed by atoms with E-state index >= 15 is 0 Å². The Morgan fingerprint density at radius 2 is 2.12 bits per heavy atom. The molecule has 3 atom stereocenters. The van der Waals surface area contributed by atoms with E-state index in [-0.39, 0.29) is 12.2 Å². The predicted octanol–water partition coefficient (Wildman–Crippen LogP) is 2.75. The van der Waals surface area contributed by atoms with Crippen LogP contribution in [0.5, 0.6) is 0 Å². The predicted molar refractivity (Wildman–Crippen MR) is 108 cm³/mol. The van der Waals surface area contributed by atoms with Crippen molar-refractivity contribution in [2.75, 3.05) is 19.8 Å². The molecule has 1 N–H and O–H groups in total. The highest BCUT2D eigenvalue weighted by atomic mass is 19.4. The van der Waals surface area contributed by atoms with E-state index in [1.165, 1.54) is 12.0 Å². The van der Waals surface area contributed by atoms with E-state index in [1.54, 1.807) is 0 Å². The van der Waals surface area contributed by atoms with Crippen LogP contribution in [0.3, 0.4) is 0 Å². The number of fused-ring (bicyclic) bond motifs is 1. The van der Waals surface area contributed by atoms with Crippen molar-refractivity contribution in [2.45, 2.75) is 56.8 Å². The van der Waals surface area contributed by atoms with Crippen molar-refractivity contribution >= 4 is 5.97 Å². The Hall–Kier alpha value is -2.50. The quantitative estimate of drug-likeness (QED) is 0.641. The average Bonchev–Trinajstić information content (AvgIpc) is 3.40. The number of rotatable bonds is 7. The van der Waals surface area contributed by atoms with Crippen molar-refractivity contribution in [1.29, 1.82) is 0 Å². The van der Waals surface area contributed by atoms with Gasteiger partial charge >= 0.3 is 12.1 Å². The Labute approximate surface area is 183 Å². The molecular formula is C21H27F3N4O4. The molecule has 0 saturated carbocycles. The van der Waals surface area contributed by atoms with Crippen molar-refractivity contribution in [3.63, 3.8) is 0 Å². The smallest absolute Gasteiger partial charge is 0.475 e. The minimum atomic E-state index is -5.08. The molecule has 0 bridgehead atoms. The molecule has 4 heterocycles. The van der Waals surface area contributed by atoms with E-state index < -0.39 is 12.1 Å². The second-order valence-corrected chi connectivity index (χ2v) is 7.67. The highest BCUT2D eigenvalue weighted by molar-refractivity contribution is 5.73. The van der Waals surface area contributed by atoms with Gasteiger partial charge in [-0.3, -0.25) is 14.6 Å². The summed E-state index contributed by atoms with van der Waals surface area (Å²) < 4.78 is 46.0. The maximum absolute atomic E-state index is 10.6. The van der Waals surface area contributed by atoms with Crippen LogP contribution in [0.25, 0.3) is 0 Å². The van der Waals surface area contributed by atoms with E-state index in [2.05, 4.69) is 21.0 Å². The Kier molecular flexibility index (Phi) is 8.60. The van der Waals surface area contributed by atoms with Crippen LogP contribution in [0.1, 0.15) is 24.8 Å². The highest BCUT2D eigenvalue weighted by Gasteiger charge is 2.44. The lowest BCUT2D eigenvalue weighted by molar-refractivity contribution is -0.192. The zero-order chi connectivity index (χ0) is 23.0. The number of carboxylic acids is 1. The summed E-state index contributed by atoms with van der Waals surface area (Å²) in [6, 6.07) is 6.56. The minimum absolute atomic E-state index is 0.166. The van der Waals surface area contributed by atoms with Crippen molar-refractivity contribution < 1.29 is 32.5 Å². The molecule has 2 aromatic heterocycles. The summed E-state index contributed by atoms with van der Waals surface area (Å²) in [7, 11) is 0. The summed E-state index contributed by atoms with van der Waals surface area (Å²) in [6.07, 6.45) is 6.17. The number of aliphatic carboxylic acids is 1. The van der Waals surface area contributed by atoms with Gasteiger partial charge in [-0.15, -0.1) is 0 Å². The number of likely N-dealkylation sites (tertiary alicyclic amines) is 1. The van der Waals surface area contributed by atoms with Crippen LogP contribution in [0.2, 0.25) is 0 Å². The minimum Gasteiger partial charge on any atom is -0.475 e. The summed E-state index contributed by atoms with van der Waals surface area (Å²) in [5.74, 6) is -2.76. The third-order valence-corrected chi connectivity index (χ3v) is 5.36. The molecule has 2 saturated heterocycles. The number of ether oxygens (including phenoxy) is 2. The zero-order valence-electron chi connectivity index (χ0n) is 17.5. The van der Waals surface area contributed by atoms with Gasteiger partial charge in [-0.05, 0) is 37.0 Å². The molecule has 0 aliphatic carbocycles. The summed E-state index contributed by atoms with van der Waals surface area (Å²) in [6.45, 7) is 4.36. The van der Waals surface area contributed by atoms with Gasteiger partial charge in [-0.25, -0.2) is 4.79 Å². The Morgan fingerprint density at radius 3 is 2.78 bits per heavy atom. The molecule has 0 amide bonds. The number of alkyl halides is 3. The molecule has 0 unspecified atom stereocenters. The fourth-order valence-corrected chi connectivity index (χ4v) is 3.95. The lowest BCUT2D eigenvalue weighted by atomic mass is 10.0. The summed E-state index contributed by atoms with van der Waals surface area (Å²) in [5.41, 5.74) is 1.26. The molecule has 2 aliphatic rings. The van der Waals surface area contributed by atoms with Gasteiger partial charge in [0.15, 0.2) is 0 Å². The second-order valence-electron chi connectivity index (χ2n) is 7.67. The average molecular weight is 456 g/mol. The summed E-state index contributed by atoms with van der Waals surface area (Å²) in [4.78, 5) is 15.6. The normalized spacial score (nSPS) is 23.3. The SMILES string of the molecule is O=C(O)C(F)(F)F.c1cncc(CN2C[C@@H](OCCCn3cccn3)[C@H]3OCCC[C@H]32)c1. The number of nitrogens with zero attached hydrogens (tertiary/aromatic N) is 4. The topological polar surface area (TPSA) is 89.7 Å². The molecular weight excluding hydrogens is 429 g/mol. The maximum atomic E-state index is 10.6. The van der Waals surface area contributed by atoms with E-state index in [9.17, 15) is 13.2 Å². The first kappa shape index (κ1) is 24.1. The standard InChI is InChI=1S/C19H26N4O2.C2HF3O2/c1-5-16(13-20-7-1)14-22-15-18(19-17(22)6-2-11-25-19)24-12-4-10-23-9-3-8-21-23;3-2(4,5)1(6)7/h1,3,5,7-9,13,17-19H,2,4,6,10-12,14-15H2;(H,6,7)/t17-,18-,19+;/m1./s1. The Balaban J connectivity index is 0.000000360. The van der Waals surface area contributed by atoms with Gasteiger partial charge in [0.2, 0.25) is 0 Å².